The maximum absolute atomic E-state index is 10.8. The van der Waals surface area contributed by atoms with Crippen LogP contribution >= 0.6 is 0 Å². The van der Waals surface area contributed by atoms with Crippen LogP contribution in [0.2, 0.25) is 0 Å². The van der Waals surface area contributed by atoms with Gasteiger partial charge in [-0.15, -0.1) is 0 Å². The van der Waals surface area contributed by atoms with Gasteiger partial charge in [-0.25, -0.2) is 4.68 Å². The van der Waals surface area contributed by atoms with Gasteiger partial charge in [-0.1, -0.05) is 0 Å². The van der Waals surface area contributed by atoms with Crippen molar-refractivity contribution in [2.45, 2.75) is 32.4 Å². The number of aryl methyl sites for hydroxylation is 1. The van der Waals surface area contributed by atoms with Crippen molar-refractivity contribution in [2.24, 2.45) is 0 Å². The van der Waals surface area contributed by atoms with Crippen molar-refractivity contribution < 1.29 is 9.90 Å². The molecule has 2 aromatic heterocycles. The van der Waals surface area contributed by atoms with E-state index < -0.39 is 5.97 Å². The van der Waals surface area contributed by atoms with Crippen molar-refractivity contribution in [3.05, 3.63) is 23.8 Å². The molecule has 8 nitrogen and oxygen atoms in total. The van der Waals surface area contributed by atoms with Crippen molar-refractivity contribution >= 4 is 11.9 Å². The van der Waals surface area contributed by atoms with Crippen LogP contribution in [0.25, 0.3) is 0 Å². The number of rotatable bonds is 4. The lowest BCUT2D eigenvalue weighted by Gasteiger charge is -2.23. The minimum Gasteiger partial charge on any atom is -0.481 e. The molecule has 3 heterocycles. The number of nitrogens with one attached hydrogen (secondary N) is 1. The molecule has 1 atom stereocenters. The van der Waals surface area contributed by atoms with Crippen LogP contribution in [0, 0.1) is 0 Å². The van der Waals surface area contributed by atoms with E-state index in [1.807, 2.05) is 24.0 Å². The van der Waals surface area contributed by atoms with Gasteiger partial charge >= 0.3 is 5.97 Å². The molecule has 3 rings (SSSR count). The van der Waals surface area contributed by atoms with Gasteiger partial charge in [-0.05, 0) is 13.3 Å². The first-order valence-corrected chi connectivity index (χ1v) is 6.61. The third-order valence-electron chi connectivity index (χ3n) is 3.34. The van der Waals surface area contributed by atoms with Gasteiger partial charge in [0, 0.05) is 24.8 Å². The van der Waals surface area contributed by atoms with Crippen LogP contribution < -0.4 is 5.32 Å². The highest BCUT2D eigenvalue weighted by atomic mass is 16.4. The van der Waals surface area contributed by atoms with E-state index in [4.69, 9.17) is 5.11 Å². The molecule has 0 saturated heterocycles. The van der Waals surface area contributed by atoms with E-state index in [0.717, 1.165) is 25.1 Å². The predicted octanol–water partition coefficient (Wildman–Crippen LogP) is 0.527. The highest BCUT2D eigenvalue weighted by molar-refractivity contribution is 5.69. The zero-order valence-electron chi connectivity index (χ0n) is 11.2. The average molecular weight is 276 g/mol. The molecular weight excluding hydrogens is 260 g/mol. The summed E-state index contributed by atoms with van der Waals surface area (Å²) in [5.41, 5.74) is 1.07. The molecule has 0 aromatic carbocycles. The quantitative estimate of drug-likeness (QED) is 0.845. The third-order valence-corrected chi connectivity index (χ3v) is 3.34. The summed E-state index contributed by atoms with van der Waals surface area (Å²) in [6.07, 6.45) is 4.54. The number of carboxylic acids is 1. The molecule has 1 aliphatic rings. The van der Waals surface area contributed by atoms with Crippen LogP contribution in [0.3, 0.4) is 0 Å². The standard InChI is InChI=1S/C12H16N6O2/c1-2-17-7-8(6-14-17)9-3-4-13-12-15-10(5-11(19)20)16-18(9)12/h6-7,9H,2-5H2,1H3,(H,19,20)(H,13,15,16). The van der Waals surface area contributed by atoms with Crippen LogP contribution in [-0.2, 0) is 17.8 Å². The first-order chi connectivity index (χ1) is 9.67. The van der Waals surface area contributed by atoms with Crippen molar-refractivity contribution in [1.29, 1.82) is 0 Å². The minimum atomic E-state index is -0.928. The Morgan fingerprint density at radius 1 is 1.60 bits per heavy atom. The number of aromatic nitrogens is 5. The fraction of sp³-hybridized carbons (Fsp3) is 0.500. The lowest BCUT2D eigenvalue weighted by Crippen LogP contribution is -2.24. The first kappa shape index (κ1) is 12.6. The van der Waals surface area contributed by atoms with E-state index in [2.05, 4.69) is 20.5 Å². The van der Waals surface area contributed by atoms with E-state index in [1.54, 1.807) is 4.68 Å². The van der Waals surface area contributed by atoms with Crippen LogP contribution in [0.4, 0.5) is 5.95 Å². The predicted molar refractivity (Wildman–Crippen MR) is 70.5 cm³/mol. The van der Waals surface area contributed by atoms with Gasteiger partial charge in [-0.2, -0.15) is 15.2 Å². The van der Waals surface area contributed by atoms with E-state index in [9.17, 15) is 4.79 Å². The molecule has 0 spiro atoms. The molecule has 0 bridgehead atoms. The van der Waals surface area contributed by atoms with Crippen LogP contribution in [-0.4, -0.2) is 42.2 Å². The van der Waals surface area contributed by atoms with Crippen molar-refractivity contribution in [1.82, 2.24) is 24.5 Å². The highest BCUT2D eigenvalue weighted by Gasteiger charge is 2.25. The second-order valence-electron chi connectivity index (χ2n) is 4.73. The van der Waals surface area contributed by atoms with Crippen LogP contribution in [0.5, 0.6) is 0 Å². The molecule has 106 valence electrons. The average Bonchev–Trinajstić information content (AvgIpc) is 3.02. The Labute approximate surface area is 115 Å². The third kappa shape index (κ3) is 2.24. The fourth-order valence-corrected chi connectivity index (χ4v) is 2.39. The number of hydrogen-bond donors (Lipinski definition) is 2. The fourth-order valence-electron chi connectivity index (χ4n) is 2.39. The number of anilines is 1. The molecule has 0 aliphatic carbocycles. The van der Waals surface area contributed by atoms with E-state index in [0.29, 0.717) is 11.8 Å². The summed E-state index contributed by atoms with van der Waals surface area (Å²) in [5.74, 6) is 0.0276. The first-order valence-electron chi connectivity index (χ1n) is 6.61. The molecule has 0 saturated carbocycles. The maximum atomic E-state index is 10.8. The summed E-state index contributed by atoms with van der Waals surface area (Å²) in [6.45, 7) is 3.64. The summed E-state index contributed by atoms with van der Waals surface area (Å²) >= 11 is 0. The Morgan fingerprint density at radius 2 is 2.45 bits per heavy atom. The Morgan fingerprint density at radius 3 is 3.15 bits per heavy atom. The van der Waals surface area contributed by atoms with Gasteiger partial charge in [0.25, 0.3) is 0 Å². The number of carboxylic acid groups (broad SMARTS) is 1. The maximum Gasteiger partial charge on any atom is 0.311 e. The topological polar surface area (TPSA) is 97.9 Å². The molecule has 20 heavy (non-hydrogen) atoms. The molecule has 2 aromatic rings. The Balaban J connectivity index is 1.92. The second-order valence-corrected chi connectivity index (χ2v) is 4.73. The molecule has 0 radical (unpaired) electrons. The summed E-state index contributed by atoms with van der Waals surface area (Å²) in [4.78, 5) is 15.0. The molecule has 8 heteroatoms. The summed E-state index contributed by atoms with van der Waals surface area (Å²) < 4.78 is 3.63. The Bertz CT molecular complexity index is 632. The number of nitrogens with zero attached hydrogens (tertiary/aromatic N) is 5. The molecule has 1 aliphatic heterocycles. The molecule has 0 amide bonds. The van der Waals surface area contributed by atoms with Gasteiger partial charge in [0.15, 0.2) is 5.82 Å². The Kier molecular flexibility index (Phi) is 3.13. The van der Waals surface area contributed by atoms with Gasteiger partial charge in [0.05, 0.1) is 12.2 Å². The Hall–Kier alpha value is -2.38. The number of carbonyl (C=O) groups is 1. The monoisotopic (exact) mass is 276 g/mol. The highest BCUT2D eigenvalue weighted by Crippen LogP contribution is 2.27. The summed E-state index contributed by atoms with van der Waals surface area (Å²) in [7, 11) is 0. The lowest BCUT2D eigenvalue weighted by atomic mass is 10.1. The zero-order valence-corrected chi connectivity index (χ0v) is 11.2. The van der Waals surface area contributed by atoms with Crippen molar-refractivity contribution in [3.63, 3.8) is 0 Å². The zero-order chi connectivity index (χ0) is 14.1. The molecular formula is C12H16N6O2. The minimum absolute atomic E-state index is 0.0570. The van der Waals surface area contributed by atoms with E-state index in [1.165, 1.54) is 0 Å². The lowest BCUT2D eigenvalue weighted by molar-refractivity contribution is -0.136. The van der Waals surface area contributed by atoms with Gasteiger partial charge in [0.2, 0.25) is 5.95 Å². The van der Waals surface area contributed by atoms with Crippen LogP contribution in [0.15, 0.2) is 12.4 Å². The molecule has 1 unspecified atom stereocenters. The van der Waals surface area contributed by atoms with Crippen molar-refractivity contribution in [3.8, 4) is 0 Å². The number of fused-ring (bicyclic) bond motifs is 1. The van der Waals surface area contributed by atoms with Crippen LogP contribution in [0.1, 0.15) is 30.8 Å². The smallest absolute Gasteiger partial charge is 0.311 e. The SMILES string of the molecule is CCn1cc(C2CCNc3nc(CC(=O)O)nn32)cn1. The largest absolute Gasteiger partial charge is 0.481 e. The molecule has 0 fully saturated rings. The van der Waals surface area contributed by atoms with Gasteiger partial charge < -0.3 is 10.4 Å². The number of hydrogen-bond acceptors (Lipinski definition) is 5. The molecule has 2 N–H and O–H groups in total. The second kappa shape index (κ2) is 4.95. The van der Waals surface area contributed by atoms with Gasteiger partial charge in [0.1, 0.15) is 6.42 Å². The number of aliphatic carboxylic acids is 1. The normalized spacial score (nSPS) is 17.6. The van der Waals surface area contributed by atoms with Gasteiger partial charge in [-0.3, -0.25) is 9.48 Å². The van der Waals surface area contributed by atoms with Crippen molar-refractivity contribution in [2.75, 3.05) is 11.9 Å². The summed E-state index contributed by atoms with van der Waals surface area (Å²) in [6, 6.07) is 0.0570. The summed E-state index contributed by atoms with van der Waals surface area (Å²) in [5, 5.41) is 20.6. The van der Waals surface area contributed by atoms with E-state index in [-0.39, 0.29) is 12.5 Å². The van der Waals surface area contributed by atoms with E-state index >= 15 is 0 Å².